The SMILES string of the molecule is Cc1ccc(S(=O)(=O)n2cc([C@@H](C)N3CCN(C)CC3)c3ccccc32)cc1. The predicted octanol–water partition coefficient (Wildman–Crippen LogP) is 3.50. The van der Waals surface area contributed by atoms with E-state index in [0.29, 0.717) is 4.90 Å². The van der Waals surface area contributed by atoms with Crippen molar-refractivity contribution in [2.45, 2.75) is 24.8 Å². The van der Waals surface area contributed by atoms with Gasteiger partial charge in [-0.2, -0.15) is 0 Å². The van der Waals surface area contributed by atoms with Crippen LogP contribution in [0.15, 0.2) is 59.6 Å². The van der Waals surface area contributed by atoms with Gasteiger partial charge in [-0.1, -0.05) is 35.9 Å². The van der Waals surface area contributed by atoms with Crippen molar-refractivity contribution >= 4 is 20.9 Å². The summed E-state index contributed by atoms with van der Waals surface area (Å²) in [5.74, 6) is 0. The van der Waals surface area contributed by atoms with Crippen molar-refractivity contribution in [2.24, 2.45) is 0 Å². The number of aryl methyl sites for hydroxylation is 1. The molecule has 1 aliphatic heterocycles. The summed E-state index contributed by atoms with van der Waals surface area (Å²) in [7, 11) is -1.50. The Kier molecular flexibility index (Phi) is 5.04. The molecule has 5 nitrogen and oxygen atoms in total. The highest BCUT2D eigenvalue weighted by atomic mass is 32.2. The molecule has 1 saturated heterocycles. The van der Waals surface area contributed by atoms with Crippen molar-refractivity contribution < 1.29 is 8.42 Å². The third kappa shape index (κ3) is 3.36. The van der Waals surface area contributed by atoms with Gasteiger partial charge in [0, 0.05) is 43.8 Å². The molecule has 0 saturated carbocycles. The maximum absolute atomic E-state index is 13.4. The molecule has 0 spiro atoms. The predicted molar refractivity (Wildman–Crippen MR) is 113 cm³/mol. The molecule has 3 aromatic rings. The van der Waals surface area contributed by atoms with E-state index in [1.54, 1.807) is 12.1 Å². The molecular weight excluding hydrogens is 370 g/mol. The fourth-order valence-corrected chi connectivity index (χ4v) is 5.31. The number of likely N-dealkylation sites (N-methyl/N-ethyl adjacent to an activating group) is 1. The van der Waals surface area contributed by atoms with E-state index in [1.807, 2.05) is 49.5 Å². The highest BCUT2D eigenvalue weighted by molar-refractivity contribution is 7.90. The maximum Gasteiger partial charge on any atom is 0.268 e. The molecule has 0 aliphatic carbocycles. The second kappa shape index (κ2) is 7.35. The average molecular weight is 398 g/mol. The lowest BCUT2D eigenvalue weighted by molar-refractivity contribution is 0.119. The molecule has 148 valence electrons. The number of nitrogens with zero attached hydrogens (tertiary/aromatic N) is 3. The Hall–Kier alpha value is -2.15. The number of benzene rings is 2. The van der Waals surface area contributed by atoms with Gasteiger partial charge in [-0.3, -0.25) is 4.90 Å². The summed E-state index contributed by atoms with van der Waals surface area (Å²) < 4.78 is 28.2. The Morgan fingerprint density at radius 2 is 1.57 bits per heavy atom. The van der Waals surface area contributed by atoms with Crippen LogP contribution in [0, 0.1) is 6.92 Å². The van der Waals surface area contributed by atoms with Gasteiger partial charge in [-0.15, -0.1) is 0 Å². The molecular formula is C22H27N3O2S. The third-order valence-electron chi connectivity index (χ3n) is 5.82. The number of hydrogen-bond donors (Lipinski definition) is 0. The molecule has 2 aromatic carbocycles. The summed E-state index contributed by atoms with van der Waals surface area (Å²) in [6, 6.07) is 15.0. The topological polar surface area (TPSA) is 45.6 Å². The first kappa shape index (κ1) is 19.2. The van der Waals surface area contributed by atoms with Gasteiger partial charge in [0.15, 0.2) is 0 Å². The molecule has 28 heavy (non-hydrogen) atoms. The summed E-state index contributed by atoms with van der Waals surface area (Å²) in [6.45, 7) is 8.17. The molecule has 1 aliphatic rings. The van der Waals surface area contributed by atoms with Crippen LogP contribution in [0.4, 0.5) is 0 Å². The maximum atomic E-state index is 13.4. The molecule has 6 heteroatoms. The number of aromatic nitrogens is 1. The van der Waals surface area contributed by atoms with E-state index in [9.17, 15) is 8.42 Å². The molecule has 1 atom stereocenters. The first-order chi connectivity index (χ1) is 13.4. The molecule has 0 bridgehead atoms. The number of fused-ring (bicyclic) bond motifs is 1. The summed E-state index contributed by atoms with van der Waals surface area (Å²) in [5, 5.41) is 1.00. The molecule has 4 rings (SSSR count). The van der Waals surface area contributed by atoms with E-state index < -0.39 is 10.0 Å². The van der Waals surface area contributed by atoms with Crippen LogP contribution < -0.4 is 0 Å². The smallest absolute Gasteiger partial charge is 0.268 e. The average Bonchev–Trinajstić information content (AvgIpc) is 3.09. The Balaban J connectivity index is 1.79. The number of piperazine rings is 1. The molecule has 0 radical (unpaired) electrons. The van der Waals surface area contributed by atoms with Crippen molar-refractivity contribution in [3.63, 3.8) is 0 Å². The van der Waals surface area contributed by atoms with Crippen LogP contribution in [0.25, 0.3) is 10.9 Å². The second-order valence-electron chi connectivity index (χ2n) is 7.73. The molecule has 1 aromatic heterocycles. The minimum absolute atomic E-state index is 0.160. The lowest BCUT2D eigenvalue weighted by Gasteiger charge is -2.36. The highest BCUT2D eigenvalue weighted by Gasteiger charge is 2.26. The normalized spacial score (nSPS) is 17.8. The van der Waals surface area contributed by atoms with Crippen LogP contribution in [-0.4, -0.2) is 55.4 Å². The highest BCUT2D eigenvalue weighted by Crippen LogP contribution is 2.32. The fraction of sp³-hybridized carbons (Fsp3) is 0.364. The number of hydrogen-bond acceptors (Lipinski definition) is 4. The van der Waals surface area contributed by atoms with E-state index in [4.69, 9.17) is 0 Å². The Labute approximate surface area is 167 Å². The molecule has 2 heterocycles. The second-order valence-corrected chi connectivity index (χ2v) is 9.55. The van der Waals surface area contributed by atoms with E-state index in [0.717, 1.165) is 48.2 Å². The minimum atomic E-state index is -3.64. The fourth-order valence-electron chi connectivity index (χ4n) is 3.94. The lowest BCUT2D eigenvalue weighted by Crippen LogP contribution is -2.45. The molecule has 1 fully saturated rings. The van der Waals surface area contributed by atoms with Crippen molar-refractivity contribution in [3.05, 3.63) is 65.9 Å². The number of para-hydroxylation sites is 1. The quantitative estimate of drug-likeness (QED) is 0.676. The first-order valence-electron chi connectivity index (χ1n) is 9.73. The van der Waals surface area contributed by atoms with Gasteiger partial charge < -0.3 is 4.90 Å². The molecule has 0 unspecified atom stereocenters. The van der Waals surface area contributed by atoms with Crippen LogP contribution in [0.5, 0.6) is 0 Å². The van der Waals surface area contributed by atoms with E-state index >= 15 is 0 Å². The Morgan fingerprint density at radius 3 is 2.25 bits per heavy atom. The lowest BCUT2D eigenvalue weighted by atomic mass is 10.1. The van der Waals surface area contributed by atoms with Crippen LogP contribution >= 0.6 is 0 Å². The van der Waals surface area contributed by atoms with Gasteiger partial charge >= 0.3 is 0 Å². The largest absolute Gasteiger partial charge is 0.304 e. The monoisotopic (exact) mass is 397 g/mol. The summed E-state index contributed by atoms with van der Waals surface area (Å²) in [6.07, 6.45) is 1.82. The zero-order valence-electron chi connectivity index (χ0n) is 16.7. The van der Waals surface area contributed by atoms with Crippen LogP contribution in [0.1, 0.15) is 24.1 Å². The summed E-state index contributed by atoms with van der Waals surface area (Å²) in [5.41, 5.74) is 2.84. The molecule has 0 N–H and O–H groups in total. The standard InChI is InChI=1S/C22H27N3O2S/c1-17-8-10-19(11-9-17)28(26,27)25-16-21(20-6-4-5-7-22(20)25)18(2)24-14-12-23(3)13-15-24/h4-11,16,18H,12-15H2,1-3H3/t18-/m1/s1. The van der Waals surface area contributed by atoms with Crippen LogP contribution in [0.2, 0.25) is 0 Å². The van der Waals surface area contributed by atoms with Crippen LogP contribution in [0.3, 0.4) is 0 Å². The van der Waals surface area contributed by atoms with Crippen molar-refractivity contribution in [1.82, 2.24) is 13.8 Å². The van der Waals surface area contributed by atoms with Crippen LogP contribution in [-0.2, 0) is 10.0 Å². The Bertz CT molecular complexity index is 1080. The zero-order chi connectivity index (χ0) is 19.9. The third-order valence-corrected chi connectivity index (χ3v) is 7.51. The molecule has 0 amide bonds. The van der Waals surface area contributed by atoms with Gasteiger partial charge in [0.05, 0.1) is 10.4 Å². The van der Waals surface area contributed by atoms with Gasteiger partial charge in [0.1, 0.15) is 0 Å². The zero-order valence-corrected chi connectivity index (χ0v) is 17.5. The Morgan fingerprint density at radius 1 is 0.929 bits per heavy atom. The van der Waals surface area contributed by atoms with Gasteiger partial charge in [-0.05, 0) is 44.7 Å². The van der Waals surface area contributed by atoms with Gasteiger partial charge in [0.2, 0.25) is 0 Å². The number of rotatable bonds is 4. The first-order valence-corrected chi connectivity index (χ1v) is 11.2. The van der Waals surface area contributed by atoms with Gasteiger partial charge in [-0.25, -0.2) is 12.4 Å². The van der Waals surface area contributed by atoms with Crippen molar-refractivity contribution in [3.8, 4) is 0 Å². The van der Waals surface area contributed by atoms with E-state index in [-0.39, 0.29) is 6.04 Å². The summed E-state index contributed by atoms with van der Waals surface area (Å²) >= 11 is 0. The minimum Gasteiger partial charge on any atom is -0.304 e. The van der Waals surface area contributed by atoms with E-state index in [1.165, 1.54) is 3.97 Å². The van der Waals surface area contributed by atoms with Gasteiger partial charge in [0.25, 0.3) is 10.0 Å². The van der Waals surface area contributed by atoms with E-state index in [2.05, 4.69) is 23.8 Å². The van der Waals surface area contributed by atoms with Crippen molar-refractivity contribution in [2.75, 3.05) is 33.2 Å². The van der Waals surface area contributed by atoms with Crippen molar-refractivity contribution in [1.29, 1.82) is 0 Å². The summed E-state index contributed by atoms with van der Waals surface area (Å²) in [4.78, 5) is 5.08.